The Morgan fingerprint density at radius 1 is 1.50 bits per heavy atom. The number of ether oxygens (including phenoxy) is 2. The van der Waals surface area contributed by atoms with E-state index in [0.29, 0.717) is 12.6 Å². The highest BCUT2D eigenvalue weighted by molar-refractivity contribution is 4.77. The minimum Gasteiger partial charge on any atom is -0.379 e. The van der Waals surface area contributed by atoms with Crippen LogP contribution < -0.4 is 5.73 Å². The van der Waals surface area contributed by atoms with E-state index in [1.807, 2.05) is 6.92 Å². The predicted molar refractivity (Wildman–Crippen MR) is 56.1 cm³/mol. The molecule has 0 radical (unpaired) electrons. The molecule has 0 aliphatic carbocycles. The van der Waals surface area contributed by atoms with Crippen molar-refractivity contribution in [1.82, 2.24) is 4.90 Å². The van der Waals surface area contributed by atoms with Gasteiger partial charge in [-0.25, -0.2) is 0 Å². The van der Waals surface area contributed by atoms with E-state index in [2.05, 4.69) is 18.7 Å². The molecule has 4 nitrogen and oxygen atoms in total. The summed E-state index contributed by atoms with van der Waals surface area (Å²) in [5.74, 6) is 0. The Bertz CT molecular complexity index is 164. The molecular formula is C10H22N2O2. The Morgan fingerprint density at radius 2 is 2.21 bits per heavy atom. The summed E-state index contributed by atoms with van der Waals surface area (Å²) < 4.78 is 10.9. The second-order valence-electron chi connectivity index (χ2n) is 4.00. The lowest BCUT2D eigenvalue weighted by atomic mass is 10.2. The Kier molecular flexibility index (Phi) is 4.81. The first-order chi connectivity index (χ1) is 6.63. The van der Waals surface area contributed by atoms with Gasteiger partial charge < -0.3 is 15.2 Å². The second kappa shape index (κ2) is 5.66. The minimum atomic E-state index is -0.170. The molecule has 1 saturated heterocycles. The van der Waals surface area contributed by atoms with Crippen LogP contribution in [0.5, 0.6) is 0 Å². The van der Waals surface area contributed by atoms with Crippen LogP contribution in [0.4, 0.5) is 0 Å². The first kappa shape index (κ1) is 11.9. The van der Waals surface area contributed by atoms with Gasteiger partial charge in [-0.1, -0.05) is 0 Å². The largest absolute Gasteiger partial charge is 0.379 e. The van der Waals surface area contributed by atoms with Crippen molar-refractivity contribution in [1.29, 1.82) is 0 Å². The first-order valence-corrected chi connectivity index (χ1v) is 5.36. The monoisotopic (exact) mass is 202 g/mol. The number of nitrogens with zero attached hydrogens (tertiary/aromatic N) is 1. The van der Waals surface area contributed by atoms with Crippen molar-refractivity contribution in [3.63, 3.8) is 0 Å². The smallest absolute Gasteiger partial charge is 0.119 e. The Morgan fingerprint density at radius 3 is 2.79 bits per heavy atom. The molecule has 1 rings (SSSR count). The van der Waals surface area contributed by atoms with E-state index in [9.17, 15) is 0 Å². The molecule has 4 heteroatoms. The minimum absolute atomic E-state index is 0.126. The normalized spacial score (nSPS) is 29.8. The fourth-order valence-corrected chi connectivity index (χ4v) is 1.66. The molecule has 1 fully saturated rings. The van der Waals surface area contributed by atoms with Crippen molar-refractivity contribution < 1.29 is 9.47 Å². The standard InChI is InChI=1S/C10H22N2O2/c1-4-13-7-9-5-12(8(2)3)6-10(11)14-9/h8-10H,4-7,11H2,1-3H3. The van der Waals surface area contributed by atoms with E-state index >= 15 is 0 Å². The van der Waals surface area contributed by atoms with Crippen LogP contribution in [-0.2, 0) is 9.47 Å². The third-order valence-corrected chi connectivity index (χ3v) is 2.46. The van der Waals surface area contributed by atoms with Gasteiger partial charge >= 0.3 is 0 Å². The van der Waals surface area contributed by atoms with Crippen LogP contribution in [0.1, 0.15) is 20.8 Å². The first-order valence-electron chi connectivity index (χ1n) is 5.36. The molecule has 0 spiro atoms. The molecule has 0 amide bonds. The molecule has 0 saturated carbocycles. The van der Waals surface area contributed by atoms with Gasteiger partial charge in [-0.2, -0.15) is 0 Å². The third-order valence-electron chi connectivity index (χ3n) is 2.46. The number of rotatable bonds is 4. The highest BCUT2D eigenvalue weighted by Gasteiger charge is 2.26. The van der Waals surface area contributed by atoms with E-state index in [0.717, 1.165) is 19.7 Å². The lowest BCUT2D eigenvalue weighted by Crippen LogP contribution is -2.54. The van der Waals surface area contributed by atoms with Gasteiger partial charge in [0.2, 0.25) is 0 Å². The molecule has 0 bridgehead atoms. The van der Waals surface area contributed by atoms with Crippen LogP contribution in [0.25, 0.3) is 0 Å². The molecule has 2 N–H and O–H groups in total. The van der Waals surface area contributed by atoms with E-state index in [-0.39, 0.29) is 12.3 Å². The second-order valence-corrected chi connectivity index (χ2v) is 4.00. The fourth-order valence-electron chi connectivity index (χ4n) is 1.66. The van der Waals surface area contributed by atoms with E-state index in [1.165, 1.54) is 0 Å². The molecule has 0 aromatic carbocycles. The van der Waals surface area contributed by atoms with Gasteiger partial charge in [0.15, 0.2) is 0 Å². The molecule has 84 valence electrons. The topological polar surface area (TPSA) is 47.7 Å². The highest BCUT2D eigenvalue weighted by Crippen LogP contribution is 2.11. The molecule has 1 aliphatic heterocycles. The van der Waals surface area contributed by atoms with Crippen molar-refractivity contribution in [3.8, 4) is 0 Å². The summed E-state index contributed by atoms with van der Waals surface area (Å²) in [7, 11) is 0. The zero-order valence-electron chi connectivity index (χ0n) is 9.40. The average molecular weight is 202 g/mol. The lowest BCUT2D eigenvalue weighted by Gasteiger charge is -2.38. The van der Waals surface area contributed by atoms with Gasteiger partial charge in [-0.3, -0.25) is 4.90 Å². The van der Waals surface area contributed by atoms with Gasteiger partial charge in [0.05, 0.1) is 12.7 Å². The van der Waals surface area contributed by atoms with Crippen molar-refractivity contribution in [2.45, 2.75) is 39.1 Å². The summed E-state index contributed by atoms with van der Waals surface area (Å²) in [6.45, 7) is 9.46. The van der Waals surface area contributed by atoms with Crippen LogP contribution in [0.2, 0.25) is 0 Å². The molecule has 1 heterocycles. The quantitative estimate of drug-likeness (QED) is 0.717. The highest BCUT2D eigenvalue weighted by atomic mass is 16.5. The molecule has 2 unspecified atom stereocenters. The van der Waals surface area contributed by atoms with Gasteiger partial charge in [-0.15, -0.1) is 0 Å². The number of morpholine rings is 1. The van der Waals surface area contributed by atoms with Crippen molar-refractivity contribution in [2.24, 2.45) is 5.73 Å². The van der Waals surface area contributed by atoms with Gasteiger partial charge in [-0.05, 0) is 20.8 Å². The van der Waals surface area contributed by atoms with E-state index in [4.69, 9.17) is 15.2 Å². The van der Waals surface area contributed by atoms with E-state index in [1.54, 1.807) is 0 Å². The Balaban J connectivity index is 2.37. The van der Waals surface area contributed by atoms with Crippen LogP contribution in [0.15, 0.2) is 0 Å². The van der Waals surface area contributed by atoms with Gasteiger partial charge in [0, 0.05) is 25.7 Å². The van der Waals surface area contributed by atoms with Gasteiger partial charge in [0.25, 0.3) is 0 Å². The zero-order chi connectivity index (χ0) is 10.6. The number of nitrogens with two attached hydrogens (primary N) is 1. The maximum Gasteiger partial charge on any atom is 0.119 e. The van der Waals surface area contributed by atoms with Crippen molar-refractivity contribution >= 4 is 0 Å². The number of hydrogen-bond donors (Lipinski definition) is 1. The average Bonchev–Trinajstić information content (AvgIpc) is 2.14. The summed E-state index contributed by atoms with van der Waals surface area (Å²) in [4.78, 5) is 2.33. The Labute approximate surface area is 86.3 Å². The van der Waals surface area contributed by atoms with E-state index < -0.39 is 0 Å². The number of hydrogen-bond acceptors (Lipinski definition) is 4. The Hall–Kier alpha value is -0.160. The van der Waals surface area contributed by atoms with Crippen molar-refractivity contribution in [2.75, 3.05) is 26.3 Å². The summed E-state index contributed by atoms with van der Waals surface area (Å²) in [6, 6.07) is 0.522. The summed E-state index contributed by atoms with van der Waals surface area (Å²) in [6.07, 6.45) is -0.0438. The third kappa shape index (κ3) is 3.53. The van der Waals surface area contributed by atoms with Crippen molar-refractivity contribution in [3.05, 3.63) is 0 Å². The molecule has 2 atom stereocenters. The summed E-state index contributed by atoms with van der Waals surface area (Å²) in [5.41, 5.74) is 5.81. The van der Waals surface area contributed by atoms with Crippen LogP contribution in [-0.4, -0.2) is 49.6 Å². The SMILES string of the molecule is CCOCC1CN(C(C)C)CC(N)O1. The van der Waals surface area contributed by atoms with Gasteiger partial charge in [0.1, 0.15) is 6.23 Å². The molecule has 1 aliphatic rings. The maximum atomic E-state index is 5.81. The predicted octanol–water partition coefficient (Wildman–Crippen LogP) is 0.417. The molecule has 0 aromatic rings. The van der Waals surface area contributed by atoms with Crippen LogP contribution in [0, 0.1) is 0 Å². The van der Waals surface area contributed by atoms with Crippen LogP contribution >= 0.6 is 0 Å². The lowest BCUT2D eigenvalue weighted by molar-refractivity contribution is -0.116. The van der Waals surface area contributed by atoms with Crippen LogP contribution in [0.3, 0.4) is 0 Å². The summed E-state index contributed by atoms with van der Waals surface area (Å²) >= 11 is 0. The molecular weight excluding hydrogens is 180 g/mol. The molecule has 14 heavy (non-hydrogen) atoms. The maximum absolute atomic E-state index is 5.81. The zero-order valence-corrected chi connectivity index (χ0v) is 9.40. The molecule has 0 aromatic heterocycles. The summed E-state index contributed by atoms with van der Waals surface area (Å²) in [5, 5.41) is 0. The fraction of sp³-hybridized carbons (Fsp3) is 1.00.